The van der Waals surface area contributed by atoms with Gasteiger partial charge < -0.3 is 9.32 Å². The van der Waals surface area contributed by atoms with Gasteiger partial charge in [-0.05, 0) is 18.2 Å². The molecule has 0 unspecified atom stereocenters. The van der Waals surface area contributed by atoms with Crippen LogP contribution in [0.4, 0.5) is 10.8 Å². The first-order valence-corrected chi connectivity index (χ1v) is 9.96. The van der Waals surface area contributed by atoms with Gasteiger partial charge in [-0.15, -0.1) is 11.8 Å². The molecular formula is C18H20N4O2S2. The van der Waals surface area contributed by atoms with Crippen LogP contribution in [0.15, 0.2) is 45.3 Å². The number of aromatic nitrogens is 2. The van der Waals surface area contributed by atoms with Gasteiger partial charge in [0.15, 0.2) is 5.13 Å². The molecule has 26 heavy (non-hydrogen) atoms. The van der Waals surface area contributed by atoms with Gasteiger partial charge >= 0.3 is 0 Å². The van der Waals surface area contributed by atoms with E-state index in [4.69, 9.17) is 4.42 Å². The van der Waals surface area contributed by atoms with Crippen molar-refractivity contribution in [2.45, 2.75) is 23.3 Å². The first kappa shape index (κ1) is 18.5. The molecule has 0 fully saturated rings. The monoisotopic (exact) mass is 388 g/mol. The predicted octanol–water partition coefficient (Wildman–Crippen LogP) is 4.30. The molecule has 1 amide bonds. The van der Waals surface area contributed by atoms with Crippen LogP contribution in [-0.4, -0.2) is 30.0 Å². The Morgan fingerprint density at radius 1 is 1.31 bits per heavy atom. The van der Waals surface area contributed by atoms with Crippen molar-refractivity contribution in [2.75, 3.05) is 24.3 Å². The number of benzene rings is 1. The van der Waals surface area contributed by atoms with Crippen LogP contribution >= 0.6 is 23.1 Å². The number of amides is 1. The van der Waals surface area contributed by atoms with Crippen molar-refractivity contribution in [3.63, 3.8) is 0 Å². The Hall–Kier alpha value is -2.32. The summed E-state index contributed by atoms with van der Waals surface area (Å²) in [6.45, 7) is 2.03. The number of thioether (sulfide) groups is 1. The highest BCUT2D eigenvalue weighted by Gasteiger charge is 2.11. The summed E-state index contributed by atoms with van der Waals surface area (Å²) in [6.07, 6.45) is 4.35. The van der Waals surface area contributed by atoms with E-state index in [1.54, 1.807) is 30.2 Å². The maximum absolute atomic E-state index is 12.4. The molecule has 2 heterocycles. The number of aryl methyl sites for hydroxylation is 1. The second-order valence-electron chi connectivity index (χ2n) is 5.75. The van der Waals surface area contributed by atoms with Crippen molar-refractivity contribution in [1.29, 1.82) is 0 Å². The van der Waals surface area contributed by atoms with E-state index in [1.165, 1.54) is 11.3 Å². The number of rotatable bonds is 7. The van der Waals surface area contributed by atoms with E-state index in [0.29, 0.717) is 22.3 Å². The number of carbonyl (C=O) groups excluding carboxylic acids is 1. The number of carbonyl (C=O) groups is 1. The van der Waals surface area contributed by atoms with Gasteiger partial charge in [0, 0.05) is 31.8 Å². The Bertz CT molecular complexity index is 889. The van der Waals surface area contributed by atoms with Gasteiger partial charge in [0.1, 0.15) is 5.76 Å². The molecular weight excluding hydrogens is 368 g/mol. The molecule has 3 aromatic rings. The van der Waals surface area contributed by atoms with Crippen molar-refractivity contribution in [1.82, 2.24) is 9.97 Å². The number of thiazole rings is 1. The number of anilines is 2. The van der Waals surface area contributed by atoms with Gasteiger partial charge in [-0.3, -0.25) is 10.1 Å². The van der Waals surface area contributed by atoms with E-state index in [0.717, 1.165) is 22.1 Å². The highest BCUT2D eigenvalue weighted by molar-refractivity contribution is 8.00. The Morgan fingerprint density at radius 2 is 2.15 bits per heavy atom. The highest BCUT2D eigenvalue weighted by Crippen LogP contribution is 2.31. The molecule has 0 bridgehead atoms. The fraction of sp³-hybridized carbons (Fsp3) is 0.278. The van der Waals surface area contributed by atoms with E-state index in [2.05, 4.69) is 15.3 Å². The lowest BCUT2D eigenvalue weighted by molar-refractivity contribution is 0.102. The summed E-state index contributed by atoms with van der Waals surface area (Å²) in [5, 5.41) is 3.43. The minimum absolute atomic E-state index is 0.167. The van der Waals surface area contributed by atoms with Crippen molar-refractivity contribution in [3.05, 3.63) is 53.9 Å². The fourth-order valence-corrected chi connectivity index (χ4v) is 3.91. The quantitative estimate of drug-likeness (QED) is 0.608. The van der Waals surface area contributed by atoms with Gasteiger partial charge in [0.05, 0.1) is 22.4 Å². The summed E-state index contributed by atoms with van der Waals surface area (Å²) in [5.41, 5.74) is 1.58. The molecule has 6 nitrogen and oxygen atoms in total. The first-order chi connectivity index (χ1) is 12.5. The Kier molecular flexibility index (Phi) is 5.95. The molecule has 136 valence electrons. The molecule has 0 atom stereocenters. The lowest BCUT2D eigenvalue weighted by Crippen LogP contribution is -2.14. The minimum Gasteiger partial charge on any atom is -0.445 e. The average Bonchev–Trinajstić information content (AvgIpc) is 3.29. The highest BCUT2D eigenvalue weighted by atomic mass is 32.2. The number of nitrogens with one attached hydrogen (secondary N) is 1. The van der Waals surface area contributed by atoms with Gasteiger partial charge in [-0.1, -0.05) is 24.3 Å². The third-order valence-corrected chi connectivity index (χ3v) is 5.71. The number of nitrogens with zero attached hydrogens (tertiary/aromatic N) is 3. The normalized spacial score (nSPS) is 10.7. The van der Waals surface area contributed by atoms with Crippen molar-refractivity contribution in [2.24, 2.45) is 0 Å². The second kappa shape index (κ2) is 8.37. The smallest absolute Gasteiger partial charge is 0.257 e. The summed E-state index contributed by atoms with van der Waals surface area (Å²) in [7, 11) is 3.89. The van der Waals surface area contributed by atoms with Crippen molar-refractivity contribution >= 4 is 39.8 Å². The SMILES string of the molecule is CCc1cnc(CSc2cnc(NC(=O)c3cccc(N(C)C)c3)s2)o1. The third-order valence-electron chi connectivity index (χ3n) is 3.62. The zero-order valence-electron chi connectivity index (χ0n) is 14.9. The molecule has 8 heteroatoms. The summed E-state index contributed by atoms with van der Waals surface area (Å²) in [6, 6.07) is 7.47. The largest absolute Gasteiger partial charge is 0.445 e. The molecule has 1 N–H and O–H groups in total. The maximum atomic E-state index is 12.4. The summed E-state index contributed by atoms with van der Waals surface area (Å²) >= 11 is 3.03. The standard InChI is InChI=1S/C18H20N4O2S2/c1-4-14-9-19-15(24-14)11-25-16-10-20-18(26-16)21-17(23)12-6-5-7-13(8-12)22(2)3/h5-10H,4,11H2,1-3H3,(H,20,21,23). The lowest BCUT2D eigenvalue weighted by Gasteiger charge is -2.13. The topological polar surface area (TPSA) is 71.3 Å². The fourth-order valence-electron chi connectivity index (χ4n) is 2.19. The molecule has 0 radical (unpaired) electrons. The van der Waals surface area contributed by atoms with Crippen LogP contribution in [0.1, 0.15) is 28.9 Å². The van der Waals surface area contributed by atoms with Crippen LogP contribution in [0.5, 0.6) is 0 Å². The van der Waals surface area contributed by atoms with Gasteiger partial charge in [-0.25, -0.2) is 9.97 Å². The number of hydrogen-bond donors (Lipinski definition) is 1. The summed E-state index contributed by atoms with van der Waals surface area (Å²) in [5.74, 6) is 2.06. The Balaban J connectivity index is 1.59. The lowest BCUT2D eigenvalue weighted by atomic mass is 10.2. The van der Waals surface area contributed by atoms with Crippen molar-refractivity contribution < 1.29 is 9.21 Å². The molecule has 1 aromatic carbocycles. The van der Waals surface area contributed by atoms with E-state index in [9.17, 15) is 4.79 Å². The average molecular weight is 389 g/mol. The summed E-state index contributed by atoms with van der Waals surface area (Å²) in [4.78, 5) is 22.9. The first-order valence-electron chi connectivity index (χ1n) is 8.16. The number of oxazole rings is 1. The molecule has 3 rings (SSSR count). The molecule has 2 aromatic heterocycles. The van der Waals surface area contributed by atoms with Crippen molar-refractivity contribution in [3.8, 4) is 0 Å². The minimum atomic E-state index is -0.167. The molecule has 0 spiro atoms. The van der Waals surface area contributed by atoms with Crippen LogP contribution < -0.4 is 10.2 Å². The van der Waals surface area contributed by atoms with E-state index < -0.39 is 0 Å². The molecule has 0 saturated heterocycles. The van der Waals surface area contributed by atoms with Crippen LogP contribution in [0.2, 0.25) is 0 Å². The van der Waals surface area contributed by atoms with Crippen LogP contribution in [0, 0.1) is 0 Å². The van der Waals surface area contributed by atoms with E-state index in [1.807, 2.05) is 44.1 Å². The van der Waals surface area contributed by atoms with Crippen LogP contribution in [0.3, 0.4) is 0 Å². The molecule has 0 aliphatic carbocycles. The molecule has 0 saturated carbocycles. The molecule has 0 aliphatic heterocycles. The number of hydrogen-bond acceptors (Lipinski definition) is 7. The summed E-state index contributed by atoms with van der Waals surface area (Å²) < 4.78 is 6.59. The maximum Gasteiger partial charge on any atom is 0.257 e. The van der Waals surface area contributed by atoms with Crippen LogP contribution in [-0.2, 0) is 12.2 Å². The second-order valence-corrected chi connectivity index (χ2v) is 8.05. The zero-order chi connectivity index (χ0) is 18.5. The Labute approximate surface area is 160 Å². The zero-order valence-corrected chi connectivity index (χ0v) is 16.5. The predicted molar refractivity (Wildman–Crippen MR) is 106 cm³/mol. The third kappa shape index (κ3) is 4.64. The van der Waals surface area contributed by atoms with Crippen LogP contribution in [0.25, 0.3) is 0 Å². The van der Waals surface area contributed by atoms with Gasteiger partial charge in [0.2, 0.25) is 5.89 Å². The van der Waals surface area contributed by atoms with Gasteiger partial charge in [0.25, 0.3) is 5.91 Å². The van der Waals surface area contributed by atoms with E-state index in [-0.39, 0.29) is 5.91 Å². The van der Waals surface area contributed by atoms with Gasteiger partial charge in [-0.2, -0.15) is 0 Å². The Morgan fingerprint density at radius 3 is 2.88 bits per heavy atom. The molecule has 0 aliphatic rings. The van der Waals surface area contributed by atoms with E-state index >= 15 is 0 Å².